The highest BCUT2D eigenvalue weighted by Crippen LogP contribution is 2.40. The van der Waals surface area contributed by atoms with Crippen LogP contribution in [-0.4, -0.2) is 57.0 Å². The van der Waals surface area contributed by atoms with Gasteiger partial charge in [0.25, 0.3) is 0 Å². The largest absolute Gasteiger partial charge is 0.496 e. The maximum Gasteiger partial charge on any atom is 0.145 e. The minimum absolute atomic E-state index is 0.574. The Hall–Kier alpha value is -2.99. The summed E-state index contributed by atoms with van der Waals surface area (Å²) in [5.41, 5.74) is 2.51. The Morgan fingerprint density at radius 3 is 2.09 bits per heavy atom. The lowest BCUT2D eigenvalue weighted by Crippen LogP contribution is -2.27. The first kappa shape index (κ1) is 23.7. The smallest absolute Gasteiger partial charge is 0.145 e. The van der Waals surface area contributed by atoms with Gasteiger partial charge in [0.2, 0.25) is 0 Å². The van der Waals surface area contributed by atoms with Crippen LogP contribution in [0, 0.1) is 0 Å². The van der Waals surface area contributed by atoms with E-state index in [1.807, 2.05) is 42.5 Å². The molecular formula is C26H34N2O4. The van der Waals surface area contributed by atoms with Crippen molar-refractivity contribution in [1.29, 1.82) is 0 Å². The van der Waals surface area contributed by atoms with E-state index in [9.17, 15) is 0 Å². The van der Waals surface area contributed by atoms with Gasteiger partial charge in [0, 0.05) is 18.2 Å². The van der Waals surface area contributed by atoms with Gasteiger partial charge in [-0.25, -0.2) is 4.98 Å². The molecule has 1 heterocycles. The van der Waals surface area contributed by atoms with Crippen molar-refractivity contribution >= 4 is 10.9 Å². The molecule has 32 heavy (non-hydrogen) atoms. The monoisotopic (exact) mass is 438 g/mol. The van der Waals surface area contributed by atoms with Crippen LogP contribution in [0.2, 0.25) is 0 Å². The van der Waals surface area contributed by atoms with Gasteiger partial charge in [-0.2, -0.15) is 0 Å². The van der Waals surface area contributed by atoms with Crippen LogP contribution in [0.5, 0.6) is 23.0 Å². The lowest BCUT2D eigenvalue weighted by molar-refractivity contribution is 0.224. The van der Waals surface area contributed by atoms with Gasteiger partial charge < -0.3 is 23.8 Å². The summed E-state index contributed by atoms with van der Waals surface area (Å²) in [6.07, 6.45) is 0.976. The van der Waals surface area contributed by atoms with Crippen molar-refractivity contribution in [1.82, 2.24) is 9.88 Å². The number of aromatic nitrogens is 1. The molecule has 0 aliphatic rings. The summed E-state index contributed by atoms with van der Waals surface area (Å²) in [5.74, 6) is 2.98. The third kappa shape index (κ3) is 5.43. The van der Waals surface area contributed by atoms with Gasteiger partial charge in [-0.3, -0.25) is 0 Å². The summed E-state index contributed by atoms with van der Waals surface area (Å²) < 4.78 is 23.3. The maximum atomic E-state index is 6.29. The molecule has 1 aromatic heterocycles. The minimum atomic E-state index is 0.574. The second kappa shape index (κ2) is 11.6. The fourth-order valence-corrected chi connectivity index (χ4v) is 3.61. The molecule has 2 aromatic carbocycles. The highest BCUT2D eigenvalue weighted by molar-refractivity contribution is 5.97. The number of nitrogens with zero attached hydrogens (tertiary/aromatic N) is 2. The van der Waals surface area contributed by atoms with Gasteiger partial charge in [-0.15, -0.1) is 0 Å². The van der Waals surface area contributed by atoms with Gasteiger partial charge in [0.15, 0.2) is 0 Å². The number of pyridine rings is 1. The van der Waals surface area contributed by atoms with E-state index in [1.165, 1.54) is 0 Å². The average Bonchev–Trinajstić information content (AvgIpc) is 2.84. The van der Waals surface area contributed by atoms with Crippen LogP contribution in [0.25, 0.3) is 22.2 Å². The van der Waals surface area contributed by atoms with E-state index in [0.717, 1.165) is 54.2 Å². The molecule has 0 atom stereocenters. The van der Waals surface area contributed by atoms with Crippen LogP contribution >= 0.6 is 0 Å². The number of ether oxygens (including phenoxy) is 4. The van der Waals surface area contributed by atoms with Gasteiger partial charge in [0.1, 0.15) is 35.1 Å². The Balaban J connectivity index is 2.03. The van der Waals surface area contributed by atoms with Crippen molar-refractivity contribution in [3.63, 3.8) is 0 Å². The Morgan fingerprint density at radius 2 is 1.47 bits per heavy atom. The number of hydrogen-bond acceptors (Lipinski definition) is 6. The zero-order valence-electron chi connectivity index (χ0n) is 19.8. The molecular weight excluding hydrogens is 404 g/mol. The highest BCUT2D eigenvalue weighted by atomic mass is 16.5. The summed E-state index contributed by atoms with van der Waals surface area (Å²) in [6.45, 7) is 10.5. The van der Waals surface area contributed by atoms with Gasteiger partial charge in [-0.1, -0.05) is 20.8 Å². The highest BCUT2D eigenvalue weighted by Gasteiger charge is 2.17. The molecule has 0 fully saturated rings. The van der Waals surface area contributed by atoms with E-state index in [4.69, 9.17) is 23.9 Å². The molecule has 3 aromatic rings. The van der Waals surface area contributed by atoms with Crippen LogP contribution in [0.1, 0.15) is 27.2 Å². The summed E-state index contributed by atoms with van der Waals surface area (Å²) in [4.78, 5) is 7.25. The van der Waals surface area contributed by atoms with Crippen molar-refractivity contribution in [3.05, 3.63) is 42.5 Å². The Bertz CT molecular complexity index is 1000. The molecule has 0 amide bonds. The Labute approximate surface area is 191 Å². The normalized spacial score (nSPS) is 11.1. The molecule has 0 saturated heterocycles. The number of hydrogen-bond donors (Lipinski definition) is 0. The first-order valence-electron chi connectivity index (χ1n) is 11.3. The molecule has 172 valence electrons. The maximum absolute atomic E-state index is 6.29. The third-order valence-electron chi connectivity index (χ3n) is 5.47. The topological polar surface area (TPSA) is 53.1 Å². The Morgan fingerprint density at radius 1 is 0.781 bits per heavy atom. The van der Waals surface area contributed by atoms with E-state index in [1.54, 1.807) is 14.2 Å². The molecule has 0 aliphatic carbocycles. The molecule has 0 bridgehead atoms. The number of likely N-dealkylation sites (N-methyl/N-ethyl adjacent to an activating group) is 1. The lowest BCUT2D eigenvalue weighted by atomic mass is 10.1. The van der Waals surface area contributed by atoms with Crippen LogP contribution < -0.4 is 18.9 Å². The first-order chi connectivity index (χ1) is 15.6. The fraction of sp³-hybridized carbons (Fsp3) is 0.423. The predicted octanol–water partition coefficient (Wildman–Crippen LogP) is 5.43. The third-order valence-corrected chi connectivity index (χ3v) is 5.47. The summed E-state index contributed by atoms with van der Waals surface area (Å²) in [6, 6.07) is 13.7. The van der Waals surface area contributed by atoms with Crippen molar-refractivity contribution in [2.45, 2.75) is 27.2 Å². The summed E-state index contributed by atoms with van der Waals surface area (Å²) >= 11 is 0. The molecule has 6 nitrogen and oxygen atoms in total. The number of methoxy groups -OCH3 is 2. The quantitative estimate of drug-likeness (QED) is 0.376. The van der Waals surface area contributed by atoms with E-state index in [-0.39, 0.29) is 0 Å². The van der Waals surface area contributed by atoms with Crippen molar-refractivity contribution < 1.29 is 18.9 Å². The molecule has 0 saturated carbocycles. The predicted molar refractivity (Wildman–Crippen MR) is 129 cm³/mol. The van der Waals surface area contributed by atoms with Gasteiger partial charge >= 0.3 is 0 Å². The molecule has 3 rings (SSSR count). The standard InChI is InChI=1S/C26H34N2O4/c1-6-16-31-20-11-9-19(10-12-20)21-18-24(32-17-15-28(7-2)8-3)25-22(29-4)13-14-23(30-5)26(25)27-21/h9-14,18H,6-8,15-17H2,1-5H3. The molecule has 6 heteroatoms. The zero-order valence-corrected chi connectivity index (χ0v) is 19.8. The van der Waals surface area contributed by atoms with E-state index < -0.39 is 0 Å². The number of rotatable bonds is 12. The van der Waals surface area contributed by atoms with E-state index in [0.29, 0.717) is 30.2 Å². The zero-order chi connectivity index (χ0) is 22.9. The molecule has 0 N–H and O–H groups in total. The number of fused-ring (bicyclic) bond motifs is 1. The number of benzene rings is 2. The van der Waals surface area contributed by atoms with Crippen molar-refractivity contribution in [2.24, 2.45) is 0 Å². The van der Waals surface area contributed by atoms with Gasteiger partial charge in [-0.05, 0) is 55.9 Å². The van der Waals surface area contributed by atoms with Crippen LogP contribution in [0.4, 0.5) is 0 Å². The lowest BCUT2D eigenvalue weighted by Gasteiger charge is -2.20. The molecule has 0 unspecified atom stereocenters. The van der Waals surface area contributed by atoms with E-state index in [2.05, 4.69) is 25.7 Å². The molecule has 0 aliphatic heterocycles. The first-order valence-corrected chi connectivity index (χ1v) is 11.3. The SMILES string of the molecule is CCCOc1ccc(-c2cc(OCCN(CC)CC)c3c(OC)ccc(OC)c3n2)cc1. The fourth-order valence-electron chi connectivity index (χ4n) is 3.61. The summed E-state index contributed by atoms with van der Waals surface area (Å²) in [7, 11) is 3.31. The second-order valence-corrected chi connectivity index (χ2v) is 7.45. The van der Waals surface area contributed by atoms with Gasteiger partial charge in [0.05, 0.1) is 31.9 Å². The molecule has 0 spiro atoms. The average molecular weight is 439 g/mol. The second-order valence-electron chi connectivity index (χ2n) is 7.45. The van der Waals surface area contributed by atoms with Crippen molar-refractivity contribution in [2.75, 3.05) is 47.1 Å². The van der Waals surface area contributed by atoms with Crippen LogP contribution in [0.3, 0.4) is 0 Å². The minimum Gasteiger partial charge on any atom is -0.496 e. The molecule has 0 radical (unpaired) electrons. The van der Waals surface area contributed by atoms with Crippen molar-refractivity contribution in [3.8, 4) is 34.3 Å². The van der Waals surface area contributed by atoms with Crippen LogP contribution in [0.15, 0.2) is 42.5 Å². The van der Waals surface area contributed by atoms with E-state index >= 15 is 0 Å². The Kier molecular flexibility index (Phi) is 8.56. The summed E-state index contributed by atoms with van der Waals surface area (Å²) in [5, 5.41) is 0.818. The van der Waals surface area contributed by atoms with Crippen LogP contribution in [-0.2, 0) is 0 Å².